The van der Waals surface area contributed by atoms with E-state index in [9.17, 15) is 5.11 Å². The first-order valence-electron chi connectivity index (χ1n) is 11.1. The summed E-state index contributed by atoms with van der Waals surface area (Å²) in [6.45, 7) is 13.4. The van der Waals surface area contributed by atoms with E-state index in [2.05, 4.69) is 57.4 Å². The van der Waals surface area contributed by atoms with Crippen LogP contribution in [0.15, 0.2) is 18.2 Å². The Kier molecular flexibility index (Phi) is 7.53. The molecule has 9 nitrogen and oxygen atoms in total. The fraction of sp³-hybridized carbons (Fsp3) is 0.545. The quantitative estimate of drug-likeness (QED) is 0.417. The highest BCUT2D eigenvalue weighted by atomic mass is 35.5. The maximum atomic E-state index is 9.61. The van der Waals surface area contributed by atoms with E-state index in [0.29, 0.717) is 35.6 Å². The van der Waals surface area contributed by atoms with Crippen LogP contribution in [0.3, 0.4) is 0 Å². The summed E-state index contributed by atoms with van der Waals surface area (Å²) in [4.78, 5) is 11.8. The van der Waals surface area contributed by atoms with E-state index in [1.165, 1.54) is 0 Å². The van der Waals surface area contributed by atoms with E-state index in [1.54, 1.807) is 0 Å². The number of benzene rings is 1. The highest BCUT2D eigenvalue weighted by Crippen LogP contribution is 2.41. The van der Waals surface area contributed by atoms with Crippen molar-refractivity contribution in [3.05, 3.63) is 28.8 Å². The molecule has 0 unspecified atom stereocenters. The summed E-state index contributed by atoms with van der Waals surface area (Å²) in [5, 5.41) is 17.8. The van der Waals surface area contributed by atoms with Gasteiger partial charge in [0.25, 0.3) is 0 Å². The van der Waals surface area contributed by atoms with E-state index in [4.69, 9.17) is 27.3 Å². The van der Waals surface area contributed by atoms with Crippen molar-refractivity contribution < 1.29 is 5.11 Å². The number of halogens is 1. The van der Waals surface area contributed by atoms with Crippen molar-refractivity contribution >= 4 is 40.6 Å². The number of nitrogens with zero attached hydrogens (tertiary/aromatic N) is 5. The van der Waals surface area contributed by atoms with Crippen molar-refractivity contribution in [3.63, 3.8) is 0 Å². The molecule has 1 aliphatic rings. The number of nitrogen functional groups attached to an aromatic ring is 1. The lowest BCUT2D eigenvalue weighted by molar-refractivity contribution is 0.298. The first-order valence-corrected chi connectivity index (χ1v) is 11.4. The van der Waals surface area contributed by atoms with Gasteiger partial charge in [0.05, 0.1) is 6.61 Å². The normalized spacial score (nSPS) is 13.5. The Bertz CT molecular complexity index is 916. The minimum atomic E-state index is 0.0157. The first-order chi connectivity index (χ1) is 15.1. The van der Waals surface area contributed by atoms with Gasteiger partial charge in [-0.1, -0.05) is 17.7 Å². The Balaban J connectivity index is 2.11. The molecule has 0 bridgehead atoms. The molecule has 0 atom stereocenters. The summed E-state index contributed by atoms with van der Waals surface area (Å²) in [7, 11) is 0. The Morgan fingerprint density at radius 3 is 2.38 bits per heavy atom. The molecule has 0 aliphatic carbocycles. The van der Waals surface area contributed by atoms with Gasteiger partial charge < -0.3 is 21.1 Å². The van der Waals surface area contributed by atoms with Crippen molar-refractivity contribution in [2.45, 2.75) is 66.2 Å². The van der Waals surface area contributed by atoms with E-state index < -0.39 is 0 Å². The molecule has 2 aromatic rings. The van der Waals surface area contributed by atoms with E-state index in [1.807, 2.05) is 28.1 Å². The number of nitrogens with one attached hydrogen (secondary N) is 2. The molecule has 10 heteroatoms. The number of anilines is 5. The average Bonchev–Trinajstić information content (AvgIpc) is 3.11. The third kappa shape index (κ3) is 4.79. The molecule has 5 N–H and O–H groups in total. The number of aliphatic hydroxyl groups excluding tert-OH is 1. The zero-order valence-electron chi connectivity index (χ0n) is 19.7. The third-order valence-corrected chi connectivity index (χ3v) is 5.73. The van der Waals surface area contributed by atoms with Gasteiger partial charge in [0.2, 0.25) is 5.95 Å². The molecular weight excluding hydrogens is 428 g/mol. The van der Waals surface area contributed by atoms with Gasteiger partial charge in [-0.05, 0) is 53.7 Å². The molecule has 3 rings (SSSR count). The standard InChI is InChI=1S/C22H35ClN8O/c1-13(2)29(10-11-32)22-26-20(25-12-16-17(23)8-7-9-18(16)24)19-21(27-22)31(15(5)6)28-30(19)14(3)4/h7-9,13-15,28,32H,10-12,24H2,1-6H3,(H,25,26,27). The number of fused-ring (bicyclic) bond motifs is 1. The molecule has 0 fully saturated rings. The minimum absolute atomic E-state index is 0.0157. The van der Waals surface area contributed by atoms with Gasteiger partial charge in [0, 0.05) is 47.5 Å². The second-order valence-electron chi connectivity index (χ2n) is 8.74. The maximum Gasteiger partial charge on any atom is 0.229 e. The molecule has 176 valence electrons. The van der Waals surface area contributed by atoms with Crippen LogP contribution in [0.5, 0.6) is 0 Å². The highest BCUT2D eigenvalue weighted by Gasteiger charge is 2.35. The van der Waals surface area contributed by atoms with E-state index >= 15 is 0 Å². The predicted octanol–water partition coefficient (Wildman–Crippen LogP) is 3.39. The molecule has 32 heavy (non-hydrogen) atoms. The second kappa shape index (κ2) is 9.97. The molecular formula is C22H35ClN8O. The molecule has 0 amide bonds. The number of rotatable bonds is 9. The van der Waals surface area contributed by atoms with E-state index in [0.717, 1.165) is 17.1 Å². The largest absolute Gasteiger partial charge is 0.398 e. The minimum Gasteiger partial charge on any atom is -0.398 e. The zero-order chi connectivity index (χ0) is 23.6. The molecule has 2 heterocycles. The Labute approximate surface area is 195 Å². The van der Waals surface area contributed by atoms with Gasteiger partial charge in [-0.25, -0.2) is 0 Å². The van der Waals surface area contributed by atoms with Crippen LogP contribution in [0.1, 0.15) is 47.1 Å². The zero-order valence-corrected chi connectivity index (χ0v) is 20.5. The van der Waals surface area contributed by atoms with Crippen molar-refractivity contribution in [1.82, 2.24) is 15.5 Å². The summed E-state index contributed by atoms with van der Waals surface area (Å²) in [6, 6.07) is 5.95. The molecule has 0 saturated carbocycles. The van der Waals surface area contributed by atoms with E-state index in [-0.39, 0.29) is 24.7 Å². The summed E-state index contributed by atoms with van der Waals surface area (Å²) in [6.07, 6.45) is 0. The number of aromatic nitrogens is 2. The van der Waals surface area contributed by atoms with Crippen molar-refractivity contribution in [2.75, 3.05) is 39.1 Å². The number of hydrogen-bond donors (Lipinski definition) is 4. The highest BCUT2D eigenvalue weighted by molar-refractivity contribution is 6.31. The third-order valence-electron chi connectivity index (χ3n) is 5.38. The summed E-state index contributed by atoms with van der Waals surface area (Å²) in [5.41, 5.74) is 11.9. The van der Waals surface area contributed by atoms with Gasteiger partial charge in [-0.2, -0.15) is 9.97 Å². The summed E-state index contributed by atoms with van der Waals surface area (Å²) in [5.74, 6) is 2.02. The van der Waals surface area contributed by atoms with Crippen molar-refractivity contribution in [2.24, 2.45) is 0 Å². The van der Waals surface area contributed by atoms with Crippen LogP contribution in [-0.2, 0) is 6.54 Å². The monoisotopic (exact) mass is 462 g/mol. The topological polar surface area (TPSA) is 106 Å². The van der Waals surface area contributed by atoms with Crippen molar-refractivity contribution in [1.29, 1.82) is 0 Å². The van der Waals surface area contributed by atoms with Crippen molar-refractivity contribution in [3.8, 4) is 0 Å². The average molecular weight is 463 g/mol. The lowest BCUT2D eigenvalue weighted by Crippen LogP contribution is -2.50. The van der Waals surface area contributed by atoms with Gasteiger partial charge >= 0.3 is 0 Å². The molecule has 1 aromatic heterocycles. The van der Waals surface area contributed by atoms with Gasteiger partial charge in [-0.3, -0.25) is 10.0 Å². The van der Waals surface area contributed by atoms with Crippen LogP contribution in [-0.4, -0.2) is 46.4 Å². The Morgan fingerprint density at radius 1 is 1.12 bits per heavy atom. The molecule has 0 radical (unpaired) electrons. The molecule has 0 saturated heterocycles. The van der Waals surface area contributed by atoms with Crippen LogP contribution >= 0.6 is 11.6 Å². The number of hydrogen-bond acceptors (Lipinski definition) is 9. The summed E-state index contributed by atoms with van der Waals surface area (Å²) >= 11 is 6.40. The van der Waals surface area contributed by atoms with Crippen LogP contribution < -0.4 is 31.5 Å². The van der Waals surface area contributed by atoms with Crippen LogP contribution in [0.4, 0.5) is 29.0 Å². The molecule has 1 aliphatic heterocycles. The summed E-state index contributed by atoms with van der Waals surface area (Å²) < 4.78 is 0. The second-order valence-corrected chi connectivity index (χ2v) is 9.15. The first kappa shape index (κ1) is 24.2. The fourth-order valence-electron chi connectivity index (χ4n) is 3.65. The fourth-order valence-corrected chi connectivity index (χ4v) is 3.90. The smallest absolute Gasteiger partial charge is 0.229 e. The molecule has 0 spiro atoms. The number of aliphatic hydroxyl groups is 1. The van der Waals surface area contributed by atoms with Crippen LogP contribution in [0, 0.1) is 0 Å². The van der Waals surface area contributed by atoms with Gasteiger partial charge in [0.1, 0.15) is 5.69 Å². The lowest BCUT2D eigenvalue weighted by atomic mass is 10.2. The lowest BCUT2D eigenvalue weighted by Gasteiger charge is -2.28. The van der Waals surface area contributed by atoms with Gasteiger partial charge in [-0.15, -0.1) is 5.53 Å². The van der Waals surface area contributed by atoms with Crippen LogP contribution in [0.25, 0.3) is 0 Å². The SMILES string of the molecule is CC(C)N(CCO)c1nc(NCc2c(N)cccc2Cl)c2c(n1)N(C(C)C)NN2C(C)C. The predicted molar refractivity (Wildman–Crippen MR) is 133 cm³/mol. The Morgan fingerprint density at radius 2 is 1.81 bits per heavy atom. The number of hydrazine groups is 2. The maximum absolute atomic E-state index is 9.61. The number of nitrogens with two attached hydrogens (primary N) is 1. The molecule has 1 aromatic carbocycles. The van der Waals surface area contributed by atoms with Gasteiger partial charge in [0.15, 0.2) is 11.6 Å². The van der Waals surface area contributed by atoms with Crippen LogP contribution in [0.2, 0.25) is 5.02 Å². The Hall–Kier alpha value is -2.49.